The highest BCUT2D eigenvalue weighted by molar-refractivity contribution is 8.00. The van der Waals surface area contributed by atoms with Crippen LogP contribution >= 0.6 is 11.8 Å². The number of benzene rings is 1. The van der Waals surface area contributed by atoms with Crippen molar-refractivity contribution < 1.29 is 5.11 Å². The van der Waals surface area contributed by atoms with E-state index in [1.165, 1.54) is 48.1 Å². The maximum Gasteiger partial charge on any atom is 0.0568 e. The molecule has 1 saturated carbocycles. The van der Waals surface area contributed by atoms with E-state index in [0.29, 0.717) is 5.92 Å². The Morgan fingerprint density at radius 1 is 1.28 bits per heavy atom. The van der Waals surface area contributed by atoms with Gasteiger partial charge in [0, 0.05) is 16.2 Å². The second-order valence-corrected chi connectivity index (χ2v) is 6.85. The number of fused-ring (bicyclic) bond motifs is 1. The highest BCUT2D eigenvalue weighted by Gasteiger charge is 2.34. The Balaban J connectivity index is 1.70. The first-order valence-electron chi connectivity index (χ1n) is 6.93. The fourth-order valence-electron chi connectivity index (χ4n) is 2.82. The molecule has 2 nitrogen and oxygen atoms in total. The molecule has 0 aliphatic heterocycles. The van der Waals surface area contributed by atoms with Crippen LogP contribution in [0.2, 0.25) is 0 Å². The molecule has 1 aromatic rings. The lowest BCUT2D eigenvalue weighted by molar-refractivity contribution is 0.277. The van der Waals surface area contributed by atoms with Crippen molar-refractivity contribution in [3.8, 4) is 0 Å². The Morgan fingerprint density at radius 2 is 2.06 bits per heavy atom. The molecule has 0 spiro atoms. The van der Waals surface area contributed by atoms with E-state index in [9.17, 15) is 5.11 Å². The number of aliphatic hydroxyl groups excluding tert-OH is 1. The molecule has 3 heteroatoms. The molecule has 1 fully saturated rings. The SMILES string of the molecule is NC(C1CC1)C(CO)Sc1ccc2c(c1)CCC2. The second kappa shape index (κ2) is 5.24. The Bertz CT molecular complexity index is 431. The molecule has 0 aromatic heterocycles. The number of nitrogens with two attached hydrogens (primary N) is 1. The van der Waals surface area contributed by atoms with Crippen LogP contribution in [0.25, 0.3) is 0 Å². The van der Waals surface area contributed by atoms with E-state index < -0.39 is 0 Å². The van der Waals surface area contributed by atoms with Crippen LogP contribution in [0.5, 0.6) is 0 Å². The summed E-state index contributed by atoms with van der Waals surface area (Å²) in [7, 11) is 0. The summed E-state index contributed by atoms with van der Waals surface area (Å²) in [5.74, 6) is 0.643. The number of rotatable bonds is 5. The van der Waals surface area contributed by atoms with Crippen LogP contribution in [0.3, 0.4) is 0 Å². The molecule has 2 atom stereocenters. The summed E-state index contributed by atoms with van der Waals surface area (Å²) < 4.78 is 0. The predicted octanol–water partition coefficient (Wildman–Crippen LogP) is 2.37. The highest BCUT2D eigenvalue weighted by atomic mass is 32.2. The van der Waals surface area contributed by atoms with Crippen molar-refractivity contribution in [1.29, 1.82) is 0 Å². The van der Waals surface area contributed by atoms with Gasteiger partial charge in [0.2, 0.25) is 0 Å². The minimum absolute atomic E-state index is 0.147. The maximum absolute atomic E-state index is 9.53. The molecular weight excluding hydrogens is 242 g/mol. The topological polar surface area (TPSA) is 46.2 Å². The predicted molar refractivity (Wildman–Crippen MR) is 75.9 cm³/mol. The molecule has 3 rings (SSSR count). The summed E-state index contributed by atoms with van der Waals surface area (Å²) in [6.07, 6.45) is 6.20. The van der Waals surface area contributed by atoms with Crippen LogP contribution in [0.4, 0.5) is 0 Å². The third-order valence-electron chi connectivity index (χ3n) is 4.13. The largest absolute Gasteiger partial charge is 0.395 e. The smallest absolute Gasteiger partial charge is 0.0568 e. The van der Waals surface area contributed by atoms with E-state index >= 15 is 0 Å². The van der Waals surface area contributed by atoms with Crippen molar-refractivity contribution in [3.63, 3.8) is 0 Å². The van der Waals surface area contributed by atoms with Gasteiger partial charge in [-0.15, -0.1) is 11.8 Å². The van der Waals surface area contributed by atoms with E-state index in [1.807, 2.05) is 0 Å². The third-order valence-corrected chi connectivity index (χ3v) is 5.43. The zero-order valence-electron chi connectivity index (χ0n) is 10.6. The Morgan fingerprint density at radius 3 is 2.78 bits per heavy atom. The van der Waals surface area contributed by atoms with E-state index in [1.54, 1.807) is 11.8 Å². The molecule has 2 unspecified atom stereocenters. The second-order valence-electron chi connectivity index (χ2n) is 5.54. The molecule has 0 bridgehead atoms. The van der Waals surface area contributed by atoms with Gasteiger partial charge in [-0.3, -0.25) is 0 Å². The minimum Gasteiger partial charge on any atom is -0.395 e. The molecule has 18 heavy (non-hydrogen) atoms. The molecule has 98 valence electrons. The van der Waals surface area contributed by atoms with E-state index in [2.05, 4.69) is 18.2 Å². The van der Waals surface area contributed by atoms with Crippen molar-refractivity contribution in [3.05, 3.63) is 29.3 Å². The van der Waals surface area contributed by atoms with Gasteiger partial charge in [0.15, 0.2) is 0 Å². The first kappa shape index (κ1) is 12.5. The van der Waals surface area contributed by atoms with Gasteiger partial charge in [-0.05, 0) is 61.3 Å². The van der Waals surface area contributed by atoms with Gasteiger partial charge in [0.05, 0.1) is 6.61 Å². The van der Waals surface area contributed by atoms with Crippen LogP contribution < -0.4 is 5.73 Å². The van der Waals surface area contributed by atoms with E-state index in [0.717, 1.165) is 0 Å². The van der Waals surface area contributed by atoms with Crippen molar-refractivity contribution >= 4 is 11.8 Å². The quantitative estimate of drug-likeness (QED) is 0.802. The van der Waals surface area contributed by atoms with Crippen molar-refractivity contribution in [2.75, 3.05) is 6.61 Å². The summed E-state index contributed by atoms with van der Waals surface area (Å²) in [6.45, 7) is 0.180. The van der Waals surface area contributed by atoms with Gasteiger partial charge < -0.3 is 10.8 Å². The first-order chi connectivity index (χ1) is 8.78. The summed E-state index contributed by atoms with van der Waals surface area (Å²) >= 11 is 1.76. The van der Waals surface area contributed by atoms with Gasteiger partial charge in [-0.2, -0.15) is 0 Å². The molecule has 3 N–H and O–H groups in total. The fourth-order valence-corrected chi connectivity index (χ4v) is 3.98. The third kappa shape index (κ3) is 2.58. The lowest BCUT2D eigenvalue weighted by atomic mass is 10.1. The van der Waals surface area contributed by atoms with Crippen molar-refractivity contribution in [2.24, 2.45) is 11.7 Å². The number of thioether (sulfide) groups is 1. The van der Waals surface area contributed by atoms with Crippen LogP contribution in [0.1, 0.15) is 30.4 Å². The molecule has 0 heterocycles. The van der Waals surface area contributed by atoms with Gasteiger partial charge >= 0.3 is 0 Å². The van der Waals surface area contributed by atoms with Gasteiger partial charge in [-0.1, -0.05) is 6.07 Å². The Labute approximate surface area is 113 Å². The van der Waals surface area contributed by atoms with Crippen LogP contribution in [0.15, 0.2) is 23.1 Å². The molecule has 1 aromatic carbocycles. The average molecular weight is 263 g/mol. The average Bonchev–Trinajstić information content (AvgIpc) is 3.13. The zero-order chi connectivity index (χ0) is 12.5. The first-order valence-corrected chi connectivity index (χ1v) is 7.81. The highest BCUT2D eigenvalue weighted by Crippen LogP contribution is 2.38. The normalized spacial score (nSPS) is 21.7. The molecule has 2 aliphatic rings. The Kier molecular flexibility index (Phi) is 3.64. The molecular formula is C15H21NOS. The van der Waals surface area contributed by atoms with Gasteiger partial charge in [-0.25, -0.2) is 0 Å². The molecule has 0 radical (unpaired) electrons. The minimum atomic E-state index is 0.147. The van der Waals surface area contributed by atoms with Crippen molar-refractivity contribution in [1.82, 2.24) is 0 Å². The maximum atomic E-state index is 9.53. The standard InChI is InChI=1S/C15H21NOS/c16-15(11-4-5-11)14(9-17)18-13-7-6-10-2-1-3-12(10)8-13/h6-8,11,14-15,17H,1-5,9,16H2. The monoisotopic (exact) mass is 263 g/mol. The number of hydrogen-bond donors (Lipinski definition) is 2. The van der Waals surface area contributed by atoms with Gasteiger partial charge in [0.25, 0.3) is 0 Å². The summed E-state index contributed by atoms with van der Waals surface area (Å²) in [5.41, 5.74) is 9.22. The number of hydrogen-bond acceptors (Lipinski definition) is 3. The van der Waals surface area contributed by atoms with Crippen LogP contribution in [-0.2, 0) is 12.8 Å². The lowest BCUT2D eigenvalue weighted by Gasteiger charge is -2.21. The van der Waals surface area contributed by atoms with E-state index in [-0.39, 0.29) is 17.9 Å². The number of aryl methyl sites for hydroxylation is 2. The van der Waals surface area contributed by atoms with Crippen LogP contribution in [-0.4, -0.2) is 23.0 Å². The zero-order valence-corrected chi connectivity index (χ0v) is 11.5. The van der Waals surface area contributed by atoms with Crippen molar-refractivity contribution in [2.45, 2.75) is 48.3 Å². The number of aliphatic hydroxyl groups is 1. The Hall–Kier alpha value is -0.510. The van der Waals surface area contributed by atoms with E-state index in [4.69, 9.17) is 5.73 Å². The molecule has 0 saturated heterocycles. The lowest BCUT2D eigenvalue weighted by Crippen LogP contribution is -2.36. The fraction of sp³-hybridized carbons (Fsp3) is 0.600. The van der Waals surface area contributed by atoms with Crippen LogP contribution in [0, 0.1) is 5.92 Å². The molecule has 0 amide bonds. The summed E-state index contributed by atoms with van der Waals surface area (Å²) in [4.78, 5) is 1.27. The molecule has 2 aliphatic carbocycles. The summed E-state index contributed by atoms with van der Waals surface area (Å²) in [5, 5.41) is 9.68. The van der Waals surface area contributed by atoms with Gasteiger partial charge in [0.1, 0.15) is 0 Å². The summed E-state index contributed by atoms with van der Waals surface area (Å²) in [6, 6.07) is 6.89.